The number of hydrogen-bond donors (Lipinski definition) is 2. The summed E-state index contributed by atoms with van der Waals surface area (Å²) in [5, 5.41) is 6.85. The number of carbonyl (C=O) groups excluding carboxylic acids is 2. The van der Waals surface area contributed by atoms with E-state index in [1.807, 2.05) is 74.1 Å². The van der Waals surface area contributed by atoms with Gasteiger partial charge in [-0.15, -0.1) is 0 Å². The Bertz CT molecular complexity index is 1220. The van der Waals surface area contributed by atoms with Gasteiger partial charge in [0.25, 0.3) is 11.8 Å². The lowest BCUT2D eigenvalue weighted by atomic mass is 9.96. The van der Waals surface area contributed by atoms with Crippen LogP contribution in [0.5, 0.6) is 0 Å². The highest BCUT2D eigenvalue weighted by atomic mass is 16.8. The maximum atomic E-state index is 13.0. The molecule has 0 saturated carbocycles. The number of nitrogens with one attached hydrogen (secondary N) is 2. The molecule has 3 atom stereocenters. The molecule has 0 unspecified atom stereocenters. The molecule has 1 aromatic heterocycles. The molecule has 0 bridgehead atoms. The monoisotopic (exact) mass is 463 g/mol. The van der Waals surface area contributed by atoms with Crippen molar-refractivity contribution in [1.82, 2.24) is 15.2 Å². The molecule has 178 valence electrons. The Morgan fingerprint density at radius 1 is 1.03 bits per heavy atom. The third kappa shape index (κ3) is 4.09. The van der Waals surface area contributed by atoms with E-state index < -0.39 is 23.6 Å². The van der Waals surface area contributed by atoms with E-state index in [9.17, 15) is 9.59 Å². The normalized spacial score (nSPS) is 25.3. The van der Waals surface area contributed by atoms with Crippen molar-refractivity contribution in [2.75, 3.05) is 19.7 Å². The average Bonchev–Trinajstić information content (AvgIpc) is 3.43. The van der Waals surface area contributed by atoms with Crippen molar-refractivity contribution in [2.45, 2.75) is 37.4 Å². The van der Waals surface area contributed by atoms with Gasteiger partial charge in [-0.3, -0.25) is 9.59 Å². The van der Waals surface area contributed by atoms with Crippen molar-refractivity contribution in [3.8, 4) is 0 Å². The third-order valence-corrected chi connectivity index (χ3v) is 6.45. The number of benzene rings is 2. The number of fused-ring (bicyclic) bond motifs is 2. The van der Waals surface area contributed by atoms with E-state index in [-0.39, 0.29) is 31.5 Å². The second-order valence-corrected chi connectivity index (χ2v) is 9.38. The largest absolute Gasteiger partial charge is 0.370 e. The second kappa shape index (κ2) is 8.54. The maximum absolute atomic E-state index is 13.0. The Labute approximate surface area is 198 Å². The quantitative estimate of drug-likeness (QED) is 0.587. The second-order valence-electron chi connectivity index (χ2n) is 9.38. The number of rotatable bonds is 6. The van der Waals surface area contributed by atoms with Crippen molar-refractivity contribution in [1.29, 1.82) is 0 Å². The highest BCUT2D eigenvalue weighted by molar-refractivity contribution is 6.07. The summed E-state index contributed by atoms with van der Waals surface area (Å²) in [4.78, 5) is 25.6. The number of ether oxygens (including phenoxy) is 3. The number of nitrogens with zero attached hydrogens (tertiary/aromatic N) is 1. The van der Waals surface area contributed by atoms with E-state index in [0.717, 1.165) is 10.9 Å². The molecule has 3 aromatic rings. The molecular formula is C26H29N3O5. The summed E-state index contributed by atoms with van der Waals surface area (Å²) in [6, 6.07) is 16.8. The van der Waals surface area contributed by atoms with Crippen molar-refractivity contribution in [3.05, 3.63) is 71.9 Å². The Morgan fingerprint density at radius 2 is 1.76 bits per heavy atom. The summed E-state index contributed by atoms with van der Waals surface area (Å²) < 4.78 is 20.4. The standard InChI is InChI=1S/C26H29N3O5/c1-25(2)33-22-21(13-27-24(31)19-14-29(3)20-12-8-7-11-18(19)20)32-16-26(22,34-25)15-28-23(30)17-9-5-4-6-10-17/h4-12,14,21-22H,13,15-16H2,1-3H3,(H,27,31)(H,28,30)/t21-,22-,26+/m1/s1. The van der Waals surface area contributed by atoms with Gasteiger partial charge in [-0.1, -0.05) is 36.4 Å². The zero-order valence-corrected chi connectivity index (χ0v) is 19.5. The minimum atomic E-state index is -0.831. The summed E-state index contributed by atoms with van der Waals surface area (Å²) in [5.74, 6) is -1.19. The first-order chi connectivity index (χ1) is 16.3. The first-order valence-corrected chi connectivity index (χ1v) is 11.4. The van der Waals surface area contributed by atoms with Gasteiger partial charge in [-0.05, 0) is 32.0 Å². The average molecular weight is 464 g/mol. The van der Waals surface area contributed by atoms with Crippen LogP contribution in [0, 0.1) is 0 Å². The summed E-state index contributed by atoms with van der Waals surface area (Å²) >= 11 is 0. The fourth-order valence-electron chi connectivity index (χ4n) is 4.93. The maximum Gasteiger partial charge on any atom is 0.253 e. The van der Waals surface area contributed by atoms with Gasteiger partial charge in [0.2, 0.25) is 0 Å². The Hall–Kier alpha value is -3.20. The van der Waals surface area contributed by atoms with Gasteiger partial charge in [-0.2, -0.15) is 0 Å². The molecule has 2 aliphatic rings. The van der Waals surface area contributed by atoms with Gasteiger partial charge in [0, 0.05) is 36.3 Å². The predicted octanol–water partition coefficient (Wildman–Crippen LogP) is 2.63. The summed E-state index contributed by atoms with van der Waals surface area (Å²) in [5.41, 5.74) is 1.35. The van der Waals surface area contributed by atoms with E-state index in [0.29, 0.717) is 11.1 Å². The van der Waals surface area contributed by atoms with Crippen LogP contribution in [0.15, 0.2) is 60.8 Å². The van der Waals surface area contributed by atoms with Crippen LogP contribution in [-0.2, 0) is 21.3 Å². The molecule has 2 saturated heterocycles. The lowest BCUT2D eigenvalue weighted by Gasteiger charge is -2.27. The minimum absolute atomic E-state index is 0.173. The van der Waals surface area contributed by atoms with Crippen LogP contribution in [0.1, 0.15) is 34.6 Å². The fourth-order valence-corrected chi connectivity index (χ4v) is 4.93. The Morgan fingerprint density at radius 3 is 2.56 bits per heavy atom. The van der Waals surface area contributed by atoms with Crippen LogP contribution in [0.3, 0.4) is 0 Å². The molecule has 2 amide bonds. The van der Waals surface area contributed by atoms with Crippen molar-refractivity contribution in [2.24, 2.45) is 7.05 Å². The van der Waals surface area contributed by atoms with Crippen LogP contribution >= 0.6 is 0 Å². The Kier molecular flexibility index (Phi) is 5.67. The van der Waals surface area contributed by atoms with Gasteiger partial charge in [0.15, 0.2) is 5.79 Å². The van der Waals surface area contributed by atoms with Crippen LogP contribution < -0.4 is 10.6 Å². The van der Waals surface area contributed by atoms with Crippen LogP contribution in [0.4, 0.5) is 0 Å². The highest BCUT2D eigenvalue weighted by Gasteiger charge is 2.61. The lowest BCUT2D eigenvalue weighted by Crippen LogP contribution is -2.52. The van der Waals surface area contributed by atoms with Gasteiger partial charge in [0.05, 0.1) is 18.7 Å². The summed E-state index contributed by atoms with van der Waals surface area (Å²) in [6.07, 6.45) is 0.984. The highest BCUT2D eigenvalue weighted by Crippen LogP contribution is 2.43. The van der Waals surface area contributed by atoms with Crippen molar-refractivity contribution >= 4 is 22.7 Å². The molecule has 5 rings (SSSR count). The van der Waals surface area contributed by atoms with E-state index >= 15 is 0 Å². The molecule has 2 fully saturated rings. The molecule has 2 aromatic carbocycles. The van der Waals surface area contributed by atoms with Crippen LogP contribution in [0.25, 0.3) is 10.9 Å². The number of aryl methyl sites for hydroxylation is 1. The SMILES string of the molecule is Cn1cc(C(=O)NC[C@H]2OC[C@]3(CNC(=O)c4ccccc4)OC(C)(C)O[C@H]23)c2ccccc21. The smallest absolute Gasteiger partial charge is 0.253 e. The minimum Gasteiger partial charge on any atom is -0.370 e. The molecule has 2 N–H and O–H groups in total. The molecule has 8 nitrogen and oxygen atoms in total. The molecule has 0 spiro atoms. The zero-order chi connectivity index (χ0) is 23.9. The van der Waals surface area contributed by atoms with Crippen LogP contribution in [0.2, 0.25) is 0 Å². The van der Waals surface area contributed by atoms with Crippen LogP contribution in [-0.4, -0.2) is 59.7 Å². The lowest BCUT2D eigenvalue weighted by molar-refractivity contribution is -0.188. The number of aromatic nitrogens is 1. The first kappa shape index (κ1) is 22.6. The van der Waals surface area contributed by atoms with Gasteiger partial charge >= 0.3 is 0 Å². The molecule has 0 radical (unpaired) electrons. The molecular weight excluding hydrogens is 434 g/mol. The fraction of sp³-hybridized carbons (Fsp3) is 0.385. The molecule has 34 heavy (non-hydrogen) atoms. The topological polar surface area (TPSA) is 90.8 Å². The zero-order valence-electron chi connectivity index (χ0n) is 19.5. The van der Waals surface area contributed by atoms with E-state index in [4.69, 9.17) is 14.2 Å². The van der Waals surface area contributed by atoms with Gasteiger partial charge in [0.1, 0.15) is 17.8 Å². The van der Waals surface area contributed by atoms with Gasteiger partial charge < -0.3 is 29.4 Å². The number of amides is 2. The van der Waals surface area contributed by atoms with Gasteiger partial charge in [-0.25, -0.2) is 0 Å². The van der Waals surface area contributed by atoms with Crippen molar-refractivity contribution in [3.63, 3.8) is 0 Å². The molecule has 2 aliphatic heterocycles. The van der Waals surface area contributed by atoms with E-state index in [1.54, 1.807) is 12.1 Å². The molecule has 8 heteroatoms. The molecule has 0 aliphatic carbocycles. The number of para-hydroxylation sites is 1. The summed E-state index contributed by atoms with van der Waals surface area (Å²) in [7, 11) is 1.92. The molecule has 3 heterocycles. The first-order valence-electron chi connectivity index (χ1n) is 11.4. The van der Waals surface area contributed by atoms with E-state index in [1.165, 1.54) is 0 Å². The van der Waals surface area contributed by atoms with Crippen molar-refractivity contribution < 1.29 is 23.8 Å². The van der Waals surface area contributed by atoms with E-state index in [2.05, 4.69) is 10.6 Å². The Balaban J connectivity index is 1.27. The summed E-state index contributed by atoms with van der Waals surface area (Å²) in [6.45, 7) is 4.45. The predicted molar refractivity (Wildman–Crippen MR) is 127 cm³/mol. The third-order valence-electron chi connectivity index (χ3n) is 6.45. The number of carbonyl (C=O) groups is 2. The number of hydrogen-bond acceptors (Lipinski definition) is 5.